The van der Waals surface area contributed by atoms with Crippen LogP contribution in [0.4, 0.5) is 0 Å². The summed E-state index contributed by atoms with van der Waals surface area (Å²) in [6.45, 7) is 2.06. The molecule has 5 nitrogen and oxygen atoms in total. The van der Waals surface area contributed by atoms with E-state index in [0.717, 1.165) is 32.7 Å². The first kappa shape index (κ1) is 15.5. The van der Waals surface area contributed by atoms with Crippen LogP contribution >= 0.6 is 11.3 Å². The van der Waals surface area contributed by atoms with Gasteiger partial charge in [0, 0.05) is 5.56 Å². The summed E-state index contributed by atoms with van der Waals surface area (Å²) >= 11 is 1.51. The highest BCUT2D eigenvalue weighted by molar-refractivity contribution is 7.17. The molecule has 0 saturated carbocycles. The number of ether oxygens (including phenoxy) is 1. The monoisotopic (exact) mass is 348 g/mol. The van der Waals surface area contributed by atoms with Gasteiger partial charge in [-0.3, -0.25) is 0 Å². The van der Waals surface area contributed by atoms with Crippen molar-refractivity contribution in [3.05, 3.63) is 64.7 Å². The molecule has 2 heterocycles. The Morgan fingerprint density at radius 3 is 2.44 bits per heavy atom. The second-order valence-corrected chi connectivity index (χ2v) is 6.62. The number of fused-ring (bicyclic) bond motifs is 1. The van der Waals surface area contributed by atoms with Gasteiger partial charge in [-0.2, -0.15) is 9.61 Å². The number of aromatic nitrogens is 4. The van der Waals surface area contributed by atoms with Crippen molar-refractivity contribution in [2.75, 3.05) is 7.11 Å². The van der Waals surface area contributed by atoms with Gasteiger partial charge in [0.1, 0.15) is 10.8 Å². The fraction of sp³-hybridized carbons (Fsp3) is 0.105. The molecular weight excluding hydrogens is 332 g/mol. The topological polar surface area (TPSA) is 52.3 Å². The molecule has 0 unspecified atom stereocenters. The second kappa shape index (κ2) is 6.49. The molecule has 0 aliphatic carbocycles. The molecule has 0 bridgehead atoms. The minimum Gasteiger partial charge on any atom is -0.497 e. The van der Waals surface area contributed by atoms with E-state index in [9.17, 15) is 0 Å². The third-order valence-corrected chi connectivity index (χ3v) is 4.71. The summed E-state index contributed by atoms with van der Waals surface area (Å²) < 4.78 is 6.97. The minimum absolute atomic E-state index is 0.760. The van der Waals surface area contributed by atoms with Crippen molar-refractivity contribution >= 4 is 28.4 Å². The molecule has 2 aromatic heterocycles. The fourth-order valence-electron chi connectivity index (χ4n) is 2.46. The lowest BCUT2D eigenvalue weighted by Crippen LogP contribution is -1.90. The van der Waals surface area contributed by atoms with E-state index in [4.69, 9.17) is 4.74 Å². The number of hydrogen-bond donors (Lipinski definition) is 0. The number of methoxy groups -OCH3 is 1. The first-order chi connectivity index (χ1) is 12.2. The van der Waals surface area contributed by atoms with E-state index in [2.05, 4.69) is 34.4 Å². The molecule has 0 atom stereocenters. The van der Waals surface area contributed by atoms with Gasteiger partial charge in [0.15, 0.2) is 5.82 Å². The van der Waals surface area contributed by atoms with Gasteiger partial charge in [-0.25, -0.2) is 0 Å². The Hall–Kier alpha value is -2.99. The van der Waals surface area contributed by atoms with E-state index < -0.39 is 0 Å². The van der Waals surface area contributed by atoms with Crippen molar-refractivity contribution in [1.82, 2.24) is 19.8 Å². The van der Waals surface area contributed by atoms with Crippen molar-refractivity contribution in [3.8, 4) is 17.1 Å². The summed E-state index contributed by atoms with van der Waals surface area (Å²) in [5, 5.41) is 14.0. The Balaban J connectivity index is 1.63. The van der Waals surface area contributed by atoms with Crippen molar-refractivity contribution in [2.24, 2.45) is 0 Å². The van der Waals surface area contributed by atoms with Crippen LogP contribution in [0.15, 0.2) is 48.5 Å². The predicted molar refractivity (Wildman–Crippen MR) is 101 cm³/mol. The number of nitrogens with zero attached hydrogens (tertiary/aromatic N) is 4. The van der Waals surface area contributed by atoms with E-state index in [1.54, 1.807) is 11.6 Å². The zero-order valence-electron chi connectivity index (χ0n) is 13.9. The highest BCUT2D eigenvalue weighted by Crippen LogP contribution is 2.23. The maximum absolute atomic E-state index is 5.17. The molecule has 0 radical (unpaired) electrons. The van der Waals surface area contributed by atoms with Crippen molar-refractivity contribution in [1.29, 1.82) is 0 Å². The predicted octanol–water partition coefficient (Wildman–Crippen LogP) is 4.34. The van der Waals surface area contributed by atoms with Gasteiger partial charge in [-0.05, 0) is 30.7 Å². The summed E-state index contributed by atoms with van der Waals surface area (Å²) in [4.78, 5) is 0.782. The van der Waals surface area contributed by atoms with E-state index in [1.807, 2.05) is 48.6 Å². The average Bonchev–Trinajstić information content (AvgIpc) is 3.21. The van der Waals surface area contributed by atoms with Crippen molar-refractivity contribution in [2.45, 2.75) is 6.92 Å². The van der Waals surface area contributed by atoms with E-state index >= 15 is 0 Å². The summed E-state index contributed by atoms with van der Waals surface area (Å²) in [6.07, 6.45) is 4.01. The molecule has 0 saturated heterocycles. The molecule has 25 heavy (non-hydrogen) atoms. The van der Waals surface area contributed by atoms with E-state index in [1.165, 1.54) is 16.9 Å². The first-order valence-corrected chi connectivity index (χ1v) is 8.66. The van der Waals surface area contributed by atoms with Crippen LogP contribution in [0, 0.1) is 6.92 Å². The van der Waals surface area contributed by atoms with Crippen LogP contribution < -0.4 is 4.74 Å². The van der Waals surface area contributed by atoms with Crippen molar-refractivity contribution < 1.29 is 4.74 Å². The van der Waals surface area contributed by atoms with Crippen LogP contribution in [0.5, 0.6) is 5.75 Å². The van der Waals surface area contributed by atoms with E-state index in [0.29, 0.717) is 0 Å². The lowest BCUT2D eigenvalue weighted by Gasteiger charge is -1.98. The van der Waals surface area contributed by atoms with Crippen LogP contribution in [0.25, 0.3) is 28.5 Å². The summed E-state index contributed by atoms with van der Waals surface area (Å²) in [7, 11) is 1.66. The van der Waals surface area contributed by atoms with Crippen LogP contribution in [-0.4, -0.2) is 26.9 Å². The quantitative estimate of drug-likeness (QED) is 0.550. The maximum atomic E-state index is 5.17. The molecule has 0 amide bonds. The molecule has 2 aromatic carbocycles. The molecule has 0 aliphatic rings. The normalized spacial score (nSPS) is 11.4. The molecule has 4 rings (SSSR count). The van der Waals surface area contributed by atoms with Gasteiger partial charge < -0.3 is 4.74 Å². The van der Waals surface area contributed by atoms with Gasteiger partial charge in [0.25, 0.3) is 0 Å². The SMILES string of the molecule is COc1ccc(/C=C/c2nn3c(-c4ccc(C)cc4)nnc3s2)cc1. The largest absolute Gasteiger partial charge is 0.497 e. The van der Waals surface area contributed by atoms with Gasteiger partial charge in [0.2, 0.25) is 4.96 Å². The standard InChI is InChI=1S/C19H16N4OS/c1-13-3-8-15(9-4-13)18-20-21-19-23(18)22-17(25-19)12-7-14-5-10-16(24-2)11-6-14/h3-12H,1-2H3/b12-7+. The third kappa shape index (κ3) is 3.16. The summed E-state index contributed by atoms with van der Waals surface area (Å²) in [5.41, 5.74) is 3.31. The second-order valence-electron chi connectivity index (χ2n) is 5.63. The van der Waals surface area contributed by atoms with Gasteiger partial charge in [0.05, 0.1) is 7.11 Å². The summed E-state index contributed by atoms with van der Waals surface area (Å²) in [6, 6.07) is 16.1. The minimum atomic E-state index is 0.760. The highest BCUT2D eigenvalue weighted by Gasteiger charge is 2.12. The fourth-order valence-corrected chi connectivity index (χ4v) is 3.21. The first-order valence-electron chi connectivity index (χ1n) is 7.84. The van der Waals surface area contributed by atoms with Gasteiger partial charge >= 0.3 is 0 Å². The number of benzene rings is 2. The van der Waals surface area contributed by atoms with Crippen LogP contribution in [-0.2, 0) is 0 Å². The molecule has 0 N–H and O–H groups in total. The smallest absolute Gasteiger partial charge is 0.235 e. The van der Waals surface area contributed by atoms with Crippen LogP contribution in [0.3, 0.4) is 0 Å². The lowest BCUT2D eigenvalue weighted by atomic mass is 10.1. The lowest BCUT2D eigenvalue weighted by molar-refractivity contribution is 0.415. The molecule has 4 aromatic rings. The molecule has 6 heteroatoms. The van der Waals surface area contributed by atoms with Crippen LogP contribution in [0.2, 0.25) is 0 Å². The van der Waals surface area contributed by atoms with E-state index in [-0.39, 0.29) is 0 Å². The Labute approximate surface area is 149 Å². The average molecular weight is 348 g/mol. The number of aryl methyl sites for hydroxylation is 1. The zero-order valence-corrected chi connectivity index (χ0v) is 14.7. The molecule has 0 fully saturated rings. The third-order valence-electron chi connectivity index (χ3n) is 3.85. The number of rotatable bonds is 4. The Morgan fingerprint density at radius 1 is 0.960 bits per heavy atom. The maximum Gasteiger partial charge on any atom is 0.235 e. The molecule has 124 valence electrons. The molecular formula is C19H16N4OS. The van der Waals surface area contributed by atoms with Crippen LogP contribution in [0.1, 0.15) is 16.1 Å². The Bertz CT molecular complexity index is 1030. The Kier molecular flexibility index (Phi) is 4.03. The highest BCUT2D eigenvalue weighted by atomic mass is 32.1. The number of hydrogen-bond acceptors (Lipinski definition) is 5. The molecule has 0 spiro atoms. The summed E-state index contributed by atoms with van der Waals surface area (Å²) in [5.74, 6) is 1.61. The Morgan fingerprint density at radius 2 is 1.72 bits per heavy atom. The van der Waals surface area contributed by atoms with Crippen molar-refractivity contribution in [3.63, 3.8) is 0 Å². The zero-order chi connectivity index (χ0) is 17.2. The van der Waals surface area contributed by atoms with Gasteiger partial charge in [-0.15, -0.1) is 10.2 Å². The molecule has 0 aliphatic heterocycles. The van der Waals surface area contributed by atoms with Gasteiger partial charge in [-0.1, -0.05) is 59.4 Å².